The van der Waals surface area contributed by atoms with Crippen LogP contribution in [-0.4, -0.2) is 32.3 Å². The number of amides is 1. The third-order valence-electron chi connectivity index (χ3n) is 5.10. The van der Waals surface area contributed by atoms with Gasteiger partial charge in [0.2, 0.25) is 10.0 Å². The fourth-order valence-corrected chi connectivity index (χ4v) is 4.29. The van der Waals surface area contributed by atoms with Crippen LogP contribution in [-0.2, 0) is 16.6 Å². The number of carbonyl (C=O) groups is 1. The van der Waals surface area contributed by atoms with Crippen LogP contribution in [0.4, 0.5) is 0 Å². The lowest BCUT2D eigenvalue weighted by Crippen LogP contribution is -2.35. The molecule has 2 aromatic carbocycles. The van der Waals surface area contributed by atoms with E-state index in [-0.39, 0.29) is 17.3 Å². The molecule has 1 aliphatic rings. The number of hydrogen-bond donors (Lipinski definition) is 1. The van der Waals surface area contributed by atoms with Gasteiger partial charge in [-0.1, -0.05) is 18.2 Å². The van der Waals surface area contributed by atoms with Gasteiger partial charge in [0.1, 0.15) is 0 Å². The quantitative estimate of drug-likeness (QED) is 0.856. The van der Waals surface area contributed by atoms with Crippen LogP contribution in [0.1, 0.15) is 46.3 Å². The first kappa shape index (κ1) is 19.6. The van der Waals surface area contributed by atoms with Crippen LogP contribution >= 0.6 is 0 Å². The zero-order chi connectivity index (χ0) is 19.4. The molecule has 0 spiro atoms. The fourth-order valence-electron chi connectivity index (χ4n) is 3.19. The summed E-state index contributed by atoms with van der Waals surface area (Å²) in [5, 5.41) is 0. The minimum Gasteiger partial charge on any atom is -0.339 e. The Hall–Kier alpha value is -2.18. The summed E-state index contributed by atoms with van der Waals surface area (Å²) < 4.78 is 27.6. The van der Waals surface area contributed by atoms with E-state index in [4.69, 9.17) is 0 Å². The Balaban J connectivity index is 1.64. The Morgan fingerprint density at radius 3 is 2.26 bits per heavy atom. The Bertz CT molecular complexity index is 915. The molecule has 6 heteroatoms. The van der Waals surface area contributed by atoms with Gasteiger partial charge in [-0.15, -0.1) is 0 Å². The van der Waals surface area contributed by atoms with Gasteiger partial charge in [0.25, 0.3) is 5.91 Å². The molecule has 27 heavy (non-hydrogen) atoms. The molecule has 5 nitrogen and oxygen atoms in total. The summed E-state index contributed by atoms with van der Waals surface area (Å²) in [5.41, 5.74) is 3.47. The lowest BCUT2D eigenvalue weighted by molar-refractivity contribution is 0.0724. The van der Waals surface area contributed by atoms with Crippen LogP contribution in [0.15, 0.2) is 47.4 Å². The van der Waals surface area contributed by atoms with Gasteiger partial charge in [-0.05, 0) is 74.1 Å². The number of aryl methyl sites for hydroxylation is 2. The molecular weight excluding hydrogens is 360 g/mol. The lowest BCUT2D eigenvalue weighted by Gasteiger charge is -2.26. The molecule has 144 valence electrons. The molecular formula is C21H26N2O3S. The van der Waals surface area contributed by atoms with Gasteiger partial charge in [-0.3, -0.25) is 4.79 Å². The van der Waals surface area contributed by atoms with Crippen molar-refractivity contribution in [1.29, 1.82) is 0 Å². The lowest BCUT2D eigenvalue weighted by atomic mass is 10.1. The molecule has 3 rings (SSSR count). The zero-order valence-corrected chi connectivity index (χ0v) is 16.7. The van der Waals surface area contributed by atoms with Gasteiger partial charge in [-0.2, -0.15) is 0 Å². The molecule has 1 saturated heterocycles. The van der Waals surface area contributed by atoms with Crippen molar-refractivity contribution in [3.05, 3.63) is 64.7 Å². The first-order valence-electron chi connectivity index (χ1n) is 9.32. The number of piperidine rings is 1. The average Bonchev–Trinajstić information content (AvgIpc) is 2.69. The molecule has 0 saturated carbocycles. The summed E-state index contributed by atoms with van der Waals surface area (Å²) in [7, 11) is -3.57. The average molecular weight is 387 g/mol. The number of nitrogens with one attached hydrogen (secondary N) is 1. The predicted octanol–water partition coefficient (Wildman–Crippen LogP) is 3.41. The second-order valence-electron chi connectivity index (χ2n) is 7.12. The molecule has 0 atom stereocenters. The molecule has 0 aliphatic carbocycles. The van der Waals surface area contributed by atoms with Crippen LogP contribution in [0, 0.1) is 13.8 Å². The molecule has 1 fully saturated rings. The van der Waals surface area contributed by atoms with Crippen molar-refractivity contribution in [2.75, 3.05) is 13.1 Å². The van der Waals surface area contributed by atoms with Gasteiger partial charge in [0.15, 0.2) is 0 Å². The number of benzene rings is 2. The Labute approximate surface area is 161 Å². The maximum Gasteiger partial charge on any atom is 0.253 e. The minimum absolute atomic E-state index is 0.0527. The maximum absolute atomic E-state index is 12.5. The number of likely N-dealkylation sites (tertiary alicyclic amines) is 1. The van der Waals surface area contributed by atoms with Gasteiger partial charge in [0, 0.05) is 25.2 Å². The molecule has 1 aliphatic heterocycles. The zero-order valence-electron chi connectivity index (χ0n) is 15.9. The summed E-state index contributed by atoms with van der Waals surface area (Å²) in [6.07, 6.45) is 3.30. The molecule has 0 unspecified atom stereocenters. The van der Waals surface area contributed by atoms with E-state index in [0.29, 0.717) is 5.56 Å². The highest BCUT2D eigenvalue weighted by atomic mass is 32.2. The van der Waals surface area contributed by atoms with E-state index in [2.05, 4.69) is 4.72 Å². The number of carbonyl (C=O) groups excluding carboxylic acids is 1. The van der Waals surface area contributed by atoms with Crippen molar-refractivity contribution < 1.29 is 13.2 Å². The summed E-state index contributed by atoms with van der Waals surface area (Å²) in [4.78, 5) is 14.6. The fraction of sp³-hybridized carbons (Fsp3) is 0.381. The van der Waals surface area contributed by atoms with Crippen molar-refractivity contribution in [3.63, 3.8) is 0 Å². The third kappa shape index (κ3) is 4.76. The normalized spacial score (nSPS) is 15.0. The molecule has 2 aromatic rings. The first-order valence-corrected chi connectivity index (χ1v) is 10.8. The van der Waals surface area contributed by atoms with Crippen molar-refractivity contribution >= 4 is 15.9 Å². The highest BCUT2D eigenvalue weighted by molar-refractivity contribution is 7.89. The molecule has 0 aromatic heterocycles. The summed E-state index contributed by atoms with van der Waals surface area (Å²) in [6.45, 7) is 5.67. The monoisotopic (exact) mass is 386 g/mol. The van der Waals surface area contributed by atoms with E-state index in [9.17, 15) is 13.2 Å². The predicted molar refractivity (Wildman–Crippen MR) is 106 cm³/mol. The summed E-state index contributed by atoms with van der Waals surface area (Å²) >= 11 is 0. The van der Waals surface area contributed by atoms with Crippen LogP contribution in [0.2, 0.25) is 0 Å². The number of nitrogens with zero attached hydrogens (tertiary/aromatic N) is 1. The van der Waals surface area contributed by atoms with Crippen molar-refractivity contribution in [2.45, 2.75) is 44.6 Å². The largest absolute Gasteiger partial charge is 0.339 e. The number of hydrogen-bond acceptors (Lipinski definition) is 3. The maximum atomic E-state index is 12.5. The standard InChI is InChI=1S/C21H26N2O3S/c1-16-6-11-20(14-17(16)2)27(25,26)22-15-18-7-9-19(10-8-18)21(24)23-12-4-3-5-13-23/h6-11,14,22H,3-5,12-13,15H2,1-2H3. The molecule has 1 N–H and O–H groups in total. The van der Waals surface area contributed by atoms with Crippen molar-refractivity contribution in [1.82, 2.24) is 9.62 Å². The molecule has 1 heterocycles. The molecule has 0 radical (unpaired) electrons. The van der Waals surface area contributed by atoms with Gasteiger partial charge < -0.3 is 4.90 Å². The molecule has 1 amide bonds. The van der Waals surface area contributed by atoms with E-state index < -0.39 is 10.0 Å². The van der Waals surface area contributed by atoms with Crippen LogP contribution in [0.3, 0.4) is 0 Å². The number of rotatable bonds is 5. The van der Waals surface area contributed by atoms with Crippen molar-refractivity contribution in [2.24, 2.45) is 0 Å². The summed E-state index contributed by atoms with van der Waals surface area (Å²) in [5.74, 6) is 0.0527. The Morgan fingerprint density at radius 2 is 1.63 bits per heavy atom. The van der Waals surface area contributed by atoms with Crippen LogP contribution < -0.4 is 4.72 Å². The highest BCUT2D eigenvalue weighted by Gasteiger charge is 2.18. The number of sulfonamides is 1. The van der Waals surface area contributed by atoms with Gasteiger partial charge in [-0.25, -0.2) is 13.1 Å². The first-order chi connectivity index (χ1) is 12.9. The van der Waals surface area contributed by atoms with E-state index in [1.165, 1.54) is 6.42 Å². The Kier molecular flexibility index (Phi) is 5.97. The van der Waals surface area contributed by atoms with Crippen LogP contribution in [0.5, 0.6) is 0 Å². The second-order valence-corrected chi connectivity index (χ2v) is 8.89. The highest BCUT2D eigenvalue weighted by Crippen LogP contribution is 2.16. The Morgan fingerprint density at radius 1 is 0.963 bits per heavy atom. The SMILES string of the molecule is Cc1ccc(S(=O)(=O)NCc2ccc(C(=O)N3CCCCC3)cc2)cc1C. The topological polar surface area (TPSA) is 66.5 Å². The van der Waals surface area contributed by atoms with E-state index in [1.54, 1.807) is 36.4 Å². The van der Waals surface area contributed by atoms with Gasteiger partial charge in [0.05, 0.1) is 4.90 Å². The van der Waals surface area contributed by atoms with E-state index in [0.717, 1.165) is 42.6 Å². The third-order valence-corrected chi connectivity index (χ3v) is 6.50. The minimum atomic E-state index is -3.57. The van der Waals surface area contributed by atoms with Crippen molar-refractivity contribution in [3.8, 4) is 0 Å². The van der Waals surface area contributed by atoms with E-state index in [1.807, 2.05) is 24.8 Å². The smallest absolute Gasteiger partial charge is 0.253 e. The van der Waals surface area contributed by atoms with Crippen LogP contribution in [0.25, 0.3) is 0 Å². The van der Waals surface area contributed by atoms with E-state index >= 15 is 0 Å². The summed E-state index contributed by atoms with van der Waals surface area (Å²) in [6, 6.07) is 12.3. The van der Waals surface area contributed by atoms with Gasteiger partial charge >= 0.3 is 0 Å². The second kappa shape index (κ2) is 8.23. The molecule has 0 bridgehead atoms.